The Labute approximate surface area is 91.4 Å². The second-order valence-corrected chi connectivity index (χ2v) is 4.10. The van der Waals surface area contributed by atoms with E-state index in [1.54, 1.807) is 32.0 Å². The fourth-order valence-corrected chi connectivity index (χ4v) is 1.38. The minimum absolute atomic E-state index is 0.134. The lowest BCUT2D eigenvalue weighted by molar-refractivity contribution is 0.0379. The largest absolute Gasteiger partial charge is 0.459 e. The Bertz CT molecular complexity index is 350. The molecule has 0 aliphatic rings. The zero-order chi connectivity index (χ0) is 10.7. The standard InChI is InChI=1S/C10H12BrNO2/c1-6(2)14-10(13)8-4-3-7(11)5-9(8)12/h3-6H,12H2,1-2H3. The Hall–Kier alpha value is -1.03. The highest BCUT2D eigenvalue weighted by atomic mass is 79.9. The van der Waals surface area contributed by atoms with Crippen molar-refractivity contribution < 1.29 is 9.53 Å². The Kier molecular flexibility index (Phi) is 3.52. The number of carbonyl (C=O) groups excluding carboxylic acids is 1. The van der Waals surface area contributed by atoms with Gasteiger partial charge in [0.2, 0.25) is 0 Å². The molecule has 14 heavy (non-hydrogen) atoms. The minimum atomic E-state index is -0.384. The van der Waals surface area contributed by atoms with Gasteiger partial charge in [0.15, 0.2) is 0 Å². The van der Waals surface area contributed by atoms with Gasteiger partial charge in [0.1, 0.15) is 0 Å². The average Bonchev–Trinajstić information content (AvgIpc) is 2.01. The van der Waals surface area contributed by atoms with E-state index in [9.17, 15) is 4.79 Å². The average molecular weight is 258 g/mol. The highest BCUT2D eigenvalue weighted by Crippen LogP contribution is 2.19. The summed E-state index contributed by atoms with van der Waals surface area (Å²) >= 11 is 3.26. The molecular formula is C10H12BrNO2. The van der Waals surface area contributed by atoms with Gasteiger partial charge in [-0.1, -0.05) is 15.9 Å². The second-order valence-electron chi connectivity index (χ2n) is 3.19. The number of benzene rings is 1. The van der Waals surface area contributed by atoms with E-state index in [1.807, 2.05) is 0 Å². The first-order valence-electron chi connectivity index (χ1n) is 4.26. The van der Waals surface area contributed by atoms with Crippen LogP contribution in [0.5, 0.6) is 0 Å². The molecule has 1 rings (SSSR count). The van der Waals surface area contributed by atoms with Crippen molar-refractivity contribution in [3.05, 3.63) is 28.2 Å². The molecular weight excluding hydrogens is 246 g/mol. The van der Waals surface area contributed by atoms with Crippen LogP contribution in [0.4, 0.5) is 5.69 Å². The number of esters is 1. The molecule has 0 aliphatic carbocycles. The van der Waals surface area contributed by atoms with Crippen molar-refractivity contribution in [3.63, 3.8) is 0 Å². The second kappa shape index (κ2) is 4.46. The Morgan fingerprint density at radius 3 is 2.64 bits per heavy atom. The van der Waals surface area contributed by atoms with Crippen molar-refractivity contribution in [3.8, 4) is 0 Å². The lowest BCUT2D eigenvalue weighted by Crippen LogP contribution is -2.13. The molecule has 2 N–H and O–H groups in total. The van der Waals surface area contributed by atoms with Gasteiger partial charge >= 0.3 is 5.97 Å². The summed E-state index contributed by atoms with van der Waals surface area (Å²) in [6, 6.07) is 5.08. The van der Waals surface area contributed by atoms with E-state index < -0.39 is 0 Å². The zero-order valence-electron chi connectivity index (χ0n) is 8.08. The fourth-order valence-electron chi connectivity index (χ4n) is 0.997. The summed E-state index contributed by atoms with van der Waals surface area (Å²) in [6.45, 7) is 3.60. The van der Waals surface area contributed by atoms with Gasteiger partial charge in [-0.2, -0.15) is 0 Å². The number of hydrogen-bond donors (Lipinski definition) is 1. The first kappa shape index (κ1) is 11.0. The van der Waals surface area contributed by atoms with Crippen molar-refractivity contribution in [2.45, 2.75) is 20.0 Å². The van der Waals surface area contributed by atoms with E-state index in [2.05, 4.69) is 15.9 Å². The van der Waals surface area contributed by atoms with Crippen LogP contribution < -0.4 is 5.73 Å². The molecule has 0 saturated carbocycles. The molecule has 1 aromatic rings. The van der Waals surface area contributed by atoms with Crippen LogP contribution >= 0.6 is 15.9 Å². The third kappa shape index (κ3) is 2.73. The van der Waals surface area contributed by atoms with Crippen molar-refractivity contribution in [1.29, 1.82) is 0 Å². The molecule has 0 amide bonds. The number of carbonyl (C=O) groups is 1. The summed E-state index contributed by atoms with van der Waals surface area (Å²) in [6.07, 6.45) is -0.134. The smallest absolute Gasteiger partial charge is 0.340 e. The van der Waals surface area contributed by atoms with Crippen LogP contribution in [0.2, 0.25) is 0 Å². The quantitative estimate of drug-likeness (QED) is 0.655. The first-order chi connectivity index (χ1) is 6.50. The number of ether oxygens (including phenoxy) is 1. The number of anilines is 1. The SMILES string of the molecule is CC(C)OC(=O)c1ccc(Br)cc1N. The number of nitrogen functional groups attached to an aromatic ring is 1. The molecule has 4 heteroatoms. The molecule has 0 atom stereocenters. The van der Waals surface area contributed by atoms with Crippen molar-refractivity contribution in [1.82, 2.24) is 0 Å². The van der Waals surface area contributed by atoms with E-state index in [1.165, 1.54) is 0 Å². The molecule has 0 saturated heterocycles. The number of rotatable bonds is 2. The maximum Gasteiger partial charge on any atom is 0.340 e. The predicted molar refractivity (Wildman–Crippen MR) is 59.1 cm³/mol. The van der Waals surface area contributed by atoms with E-state index in [-0.39, 0.29) is 12.1 Å². The lowest BCUT2D eigenvalue weighted by Gasteiger charge is -2.09. The summed E-state index contributed by atoms with van der Waals surface area (Å²) in [4.78, 5) is 11.5. The normalized spacial score (nSPS) is 10.3. The van der Waals surface area contributed by atoms with Gasteiger partial charge in [-0.3, -0.25) is 0 Å². The van der Waals surface area contributed by atoms with Crippen LogP contribution in [0, 0.1) is 0 Å². The monoisotopic (exact) mass is 257 g/mol. The van der Waals surface area contributed by atoms with Gasteiger partial charge in [-0.05, 0) is 32.0 Å². The molecule has 0 fully saturated rings. The van der Waals surface area contributed by atoms with Crippen LogP contribution in [-0.4, -0.2) is 12.1 Å². The molecule has 0 aromatic heterocycles. The molecule has 0 heterocycles. The molecule has 0 unspecified atom stereocenters. The Morgan fingerprint density at radius 1 is 1.50 bits per heavy atom. The van der Waals surface area contributed by atoms with Crippen LogP contribution in [0.1, 0.15) is 24.2 Å². The highest BCUT2D eigenvalue weighted by molar-refractivity contribution is 9.10. The zero-order valence-corrected chi connectivity index (χ0v) is 9.67. The molecule has 0 spiro atoms. The van der Waals surface area contributed by atoms with Crippen molar-refractivity contribution in [2.75, 3.05) is 5.73 Å². The molecule has 0 aliphatic heterocycles. The minimum Gasteiger partial charge on any atom is -0.459 e. The van der Waals surface area contributed by atoms with E-state index >= 15 is 0 Å². The maximum absolute atomic E-state index is 11.5. The number of halogens is 1. The molecule has 3 nitrogen and oxygen atoms in total. The van der Waals surface area contributed by atoms with Crippen LogP contribution in [0.15, 0.2) is 22.7 Å². The van der Waals surface area contributed by atoms with E-state index in [4.69, 9.17) is 10.5 Å². The van der Waals surface area contributed by atoms with Gasteiger partial charge < -0.3 is 10.5 Å². The maximum atomic E-state index is 11.5. The summed E-state index contributed by atoms with van der Waals surface area (Å²) < 4.78 is 5.87. The van der Waals surface area contributed by atoms with Crippen LogP contribution in [0.3, 0.4) is 0 Å². The van der Waals surface area contributed by atoms with Crippen LogP contribution in [-0.2, 0) is 4.74 Å². The van der Waals surface area contributed by atoms with Gasteiger partial charge in [-0.15, -0.1) is 0 Å². The third-order valence-corrected chi connectivity index (χ3v) is 2.07. The van der Waals surface area contributed by atoms with Gasteiger partial charge in [0.25, 0.3) is 0 Å². The lowest BCUT2D eigenvalue weighted by atomic mass is 10.2. The molecule has 1 aromatic carbocycles. The van der Waals surface area contributed by atoms with Gasteiger partial charge in [0, 0.05) is 10.2 Å². The number of hydrogen-bond acceptors (Lipinski definition) is 3. The first-order valence-corrected chi connectivity index (χ1v) is 5.06. The van der Waals surface area contributed by atoms with E-state index in [0.717, 1.165) is 4.47 Å². The summed E-state index contributed by atoms with van der Waals surface area (Å²) in [5.74, 6) is -0.384. The van der Waals surface area contributed by atoms with Crippen molar-refractivity contribution >= 4 is 27.6 Å². The highest BCUT2D eigenvalue weighted by Gasteiger charge is 2.12. The molecule has 76 valence electrons. The summed E-state index contributed by atoms with van der Waals surface area (Å²) in [5.41, 5.74) is 6.49. The van der Waals surface area contributed by atoms with Gasteiger partial charge in [0.05, 0.1) is 11.7 Å². The topological polar surface area (TPSA) is 52.3 Å². The number of nitrogens with two attached hydrogens (primary N) is 1. The predicted octanol–water partition coefficient (Wildman–Crippen LogP) is 2.60. The molecule has 0 radical (unpaired) electrons. The third-order valence-electron chi connectivity index (χ3n) is 1.58. The van der Waals surface area contributed by atoms with E-state index in [0.29, 0.717) is 11.3 Å². The Morgan fingerprint density at radius 2 is 2.14 bits per heavy atom. The van der Waals surface area contributed by atoms with Gasteiger partial charge in [-0.25, -0.2) is 4.79 Å². The fraction of sp³-hybridized carbons (Fsp3) is 0.300. The molecule has 0 bridgehead atoms. The van der Waals surface area contributed by atoms with Crippen molar-refractivity contribution in [2.24, 2.45) is 0 Å². The summed E-state index contributed by atoms with van der Waals surface area (Å²) in [5, 5.41) is 0. The van der Waals surface area contributed by atoms with Crippen LogP contribution in [0.25, 0.3) is 0 Å². The Balaban J connectivity index is 2.90. The summed E-state index contributed by atoms with van der Waals surface area (Å²) in [7, 11) is 0.